The van der Waals surface area contributed by atoms with Gasteiger partial charge in [0.25, 0.3) is 0 Å². The lowest BCUT2D eigenvalue weighted by Crippen LogP contribution is -2.08. The predicted octanol–water partition coefficient (Wildman–Crippen LogP) is 2.79. The van der Waals surface area contributed by atoms with E-state index in [1.165, 1.54) is 13.3 Å². The van der Waals surface area contributed by atoms with Crippen molar-refractivity contribution in [1.29, 1.82) is 5.26 Å². The normalized spacial score (nSPS) is 25.0. The fourth-order valence-corrected chi connectivity index (χ4v) is 1.88. The molecule has 0 spiro atoms. The van der Waals surface area contributed by atoms with E-state index in [9.17, 15) is 4.79 Å². The van der Waals surface area contributed by atoms with Crippen molar-refractivity contribution >= 4 is 11.7 Å². The van der Waals surface area contributed by atoms with Gasteiger partial charge in [-0.2, -0.15) is 5.26 Å². The lowest BCUT2D eigenvalue weighted by molar-refractivity contribution is -0.141. The van der Waals surface area contributed by atoms with Crippen LogP contribution in [0.25, 0.3) is 0 Å². The number of rotatable bonds is 1. The molecule has 0 aliphatic heterocycles. The molecular formula is C12H18N2O2. The highest BCUT2D eigenvalue weighted by Crippen LogP contribution is 2.20. The summed E-state index contributed by atoms with van der Waals surface area (Å²) in [5.41, 5.74) is 0.851. The van der Waals surface area contributed by atoms with E-state index in [0.29, 0.717) is 6.42 Å². The van der Waals surface area contributed by atoms with Crippen LogP contribution >= 0.6 is 0 Å². The van der Waals surface area contributed by atoms with E-state index in [-0.39, 0.29) is 5.92 Å². The van der Waals surface area contributed by atoms with Crippen LogP contribution < -0.4 is 0 Å². The first kappa shape index (κ1) is 12.7. The summed E-state index contributed by atoms with van der Waals surface area (Å²) in [6, 6.07) is 2.30. The highest BCUT2D eigenvalue weighted by atomic mass is 16.7. The Hall–Kier alpha value is -1.37. The van der Waals surface area contributed by atoms with Crippen LogP contribution in [0.1, 0.15) is 51.9 Å². The Balaban J connectivity index is 2.60. The van der Waals surface area contributed by atoms with Crippen LogP contribution in [0.15, 0.2) is 5.16 Å². The van der Waals surface area contributed by atoms with Gasteiger partial charge in [0, 0.05) is 13.3 Å². The standard InChI is InChI=1S/C12H18N2O2/c1-10(15)16-14-12-7-5-3-2-4-6-11(8-12)9-13/h11H,2-8H2,1H3/b14-12+. The fraction of sp³-hybridized carbons (Fsp3) is 0.750. The van der Waals surface area contributed by atoms with Crippen molar-refractivity contribution in [2.24, 2.45) is 11.1 Å². The number of hydrogen-bond donors (Lipinski definition) is 0. The molecule has 0 aromatic heterocycles. The Kier molecular flexibility index (Phi) is 5.55. The van der Waals surface area contributed by atoms with Crippen molar-refractivity contribution in [3.05, 3.63) is 0 Å². The number of carbonyl (C=O) groups is 1. The van der Waals surface area contributed by atoms with Gasteiger partial charge in [-0.3, -0.25) is 0 Å². The maximum Gasteiger partial charge on any atom is 0.331 e. The molecule has 0 saturated heterocycles. The zero-order valence-electron chi connectivity index (χ0n) is 9.74. The van der Waals surface area contributed by atoms with E-state index in [4.69, 9.17) is 5.26 Å². The van der Waals surface area contributed by atoms with Crippen LogP contribution in [0.2, 0.25) is 0 Å². The van der Waals surface area contributed by atoms with Crippen LogP contribution in [-0.2, 0) is 9.63 Å². The lowest BCUT2D eigenvalue weighted by atomic mass is 9.98. The first-order valence-electron chi connectivity index (χ1n) is 5.85. The Morgan fingerprint density at radius 3 is 2.88 bits per heavy atom. The number of nitrogens with zero attached hydrogens (tertiary/aromatic N) is 2. The molecular weight excluding hydrogens is 204 g/mol. The topological polar surface area (TPSA) is 62.4 Å². The van der Waals surface area contributed by atoms with Crippen molar-refractivity contribution < 1.29 is 9.63 Å². The molecule has 16 heavy (non-hydrogen) atoms. The summed E-state index contributed by atoms with van der Waals surface area (Å²) in [6.45, 7) is 1.33. The molecule has 0 bridgehead atoms. The Morgan fingerprint density at radius 2 is 2.19 bits per heavy atom. The number of carbonyl (C=O) groups excluding carboxylic acids is 1. The van der Waals surface area contributed by atoms with Gasteiger partial charge < -0.3 is 4.84 Å². The molecule has 4 heteroatoms. The summed E-state index contributed by atoms with van der Waals surface area (Å²) in [5, 5.41) is 12.8. The smallest absolute Gasteiger partial charge is 0.319 e. The molecule has 1 unspecified atom stereocenters. The second-order valence-corrected chi connectivity index (χ2v) is 4.22. The molecule has 1 aliphatic carbocycles. The molecule has 0 aromatic rings. The number of hydrogen-bond acceptors (Lipinski definition) is 4. The van der Waals surface area contributed by atoms with E-state index >= 15 is 0 Å². The largest absolute Gasteiger partial charge is 0.331 e. The van der Waals surface area contributed by atoms with Crippen molar-refractivity contribution in [3.8, 4) is 6.07 Å². The van der Waals surface area contributed by atoms with Gasteiger partial charge >= 0.3 is 5.97 Å². The van der Waals surface area contributed by atoms with Crippen LogP contribution in [0, 0.1) is 17.2 Å². The molecule has 1 atom stereocenters. The van der Waals surface area contributed by atoms with Crippen molar-refractivity contribution in [2.45, 2.75) is 51.9 Å². The number of oxime groups is 1. The summed E-state index contributed by atoms with van der Waals surface area (Å²) in [4.78, 5) is 15.3. The lowest BCUT2D eigenvalue weighted by Gasteiger charge is -2.07. The van der Waals surface area contributed by atoms with Gasteiger partial charge in [0.15, 0.2) is 0 Å². The fourth-order valence-electron chi connectivity index (χ4n) is 1.88. The highest BCUT2D eigenvalue weighted by molar-refractivity contribution is 5.85. The minimum atomic E-state index is -0.402. The third kappa shape index (κ3) is 4.92. The van der Waals surface area contributed by atoms with Crippen LogP contribution in [0.4, 0.5) is 0 Å². The summed E-state index contributed by atoms with van der Waals surface area (Å²) in [5.74, 6) is -0.381. The van der Waals surface area contributed by atoms with Gasteiger partial charge in [0.1, 0.15) is 0 Å². The average Bonchev–Trinajstić information content (AvgIpc) is 2.37. The first-order chi connectivity index (χ1) is 7.72. The van der Waals surface area contributed by atoms with Gasteiger partial charge in [-0.15, -0.1) is 0 Å². The SMILES string of the molecule is CC(=O)O/N=C1\CCCCCCC(C#N)C1. The Morgan fingerprint density at radius 1 is 1.44 bits per heavy atom. The van der Waals surface area contributed by atoms with Gasteiger partial charge in [0.05, 0.1) is 17.7 Å². The zero-order chi connectivity index (χ0) is 11.8. The summed E-state index contributed by atoms with van der Waals surface area (Å²) in [6.07, 6.45) is 6.93. The molecule has 4 nitrogen and oxygen atoms in total. The zero-order valence-corrected chi connectivity index (χ0v) is 9.74. The van der Waals surface area contributed by atoms with Crippen molar-refractivity contribution in [1.82, 2.24) is 0 Å². The second kappa shape index (κ2) is 7.00. The van der Waals surface area contributed by atoms with E-state index in [2.05, 4.69) is 16.1 Å². The number of nitriles is 1. The van der Waals surface area contributed by atoms with Gasteiger partial charge in [0.2, 0.25) is 0 Å². The third-order valence-electron chi connectivity index (χ3n) is 2.74. The molecule has 0 radical (unpaired) electrons. The van der Waals surface area contributed by atoms with Crippen LogP contribution in [0.3, 0.4) is 0 Å². The van der Waals surface area contributed by atoms with Crippen LogP contribution in [-0.4, -0.2) is 11.7 Å². The first-order valence-corrected chi connectivity index (χ1v) is 5.85. The molecule has 1 aliphatic rings. The molecule has 1 fully saturated rings. The van der Waals surface area contributed by atoms with Crippen molar-refractivity contribution in [3.63, 3.8) is 0 Å². The summed E-state index contributed by atoms with van der Waals surface area (Å²) >= 11 is 0. The molecule has 1 rings (SSSR count). The molecule has 0 aromatic carbocycles. The Bertz CT molecular complexity index is 305. The molecule has 0 N–H and O–H groups in total. The van der Waals surface area contributed by atoms with E-state index in [1.54, 1.807) is 0 Å². The predicted molar refractivity (Wildman–Crippen MR) is 60.6 cm³/mol. The third-order valence-corrected chi connectivity index (χ3v) is 2.74. The molecule has 1 saturated carbocycles. The quantitative estimate of drug-likeness (QED) is 0.506. The molecule has 88 valence electrons. The summed E-state index contributed by atoms with van der Waals surface area (Å²) in [7, 11) is 0. The maximum absolute atomic E-state index is 10.7. The Labute approximate surface area is 96.3 Å². The van der Waals surface area contributed by atoms with Gasteiger partial charge in [-0.25, -0.2) is 4.79 Å². The maximum atomic E-state index is 10.7. The van der Waals surface area contributed by atoms with E-state index < -0.39 is 5.97 Å². The van der Waals surface area contributed by atoms with E-state index in [1.807, 2.05) is 0 Å². The van der Waals surface area contributed by atoms with Gasteiger partial charge in [-0.05, 0) is 19.3 Å². The monoisotopic (exact) mass is 222 g/mol. The van der Waals surface area contributed by atoms with Gasteiger partial charge in [-0.1, -0.05) is 24.4 Å². The second-order valence-electron chi connectivity index (χ2n) is 4.22. The average molecular weight is 222 g/mol. The van der Waals surface area contributed by atoms with E-state index in [0.717, 1.165) is 37.8 Å². The highest BCUT2D eigenvalue weighted by Gasteiger charge is 2.14. The molecule has 0 amide bonds. The molecule has 0 heterocycles. The minimum absolute atomic E-state index is 0.0207. The summed E-state index contributed by atoms with van der Waals surface area (Å²) < 4.78 is 0. The van der Waals surface area contributed by atoms with Crippen molar-refractivity contribution in [2.75, 3.05) is 0 Å². The van der Waals surface area contributed by atoms with Crippen LogP contribution in [0.5, 0.6) is 0 Å². The minimum Gasteiger partial charge on any atom is -0.319 e.